The van der Waals surface area contributed by atoms with Gasteiger partial charge < -0.3 is 9.47 Å². The number of esters is 2. The van der Waals surface area contributed by atoms with Crippen LogP contribution < -0.4 is 0 Å². The van der Waals surface area contributed by atoms with Crippen LogP contribution in [0.5, 0.6) is 0 Å². The molecule has 3 rings (SSSR count). The van der Waals surface area contributed by atoms with Gasteiger partial charge in [-0.3, -0.25) is 0 Å². The maximum atomic E-state index is 12.6. The lowest BCUT2D eigenvalue weighted by Gasteiger charge is -2.14. The van der Waals surface area contributed by atoms with E-state index in [4.69, 9.17) is 9.47 Å². The van der Waals surface area contributed by atoms with E-state index in [2.05, 4.69) is 13.8 Å². The number of hydrogen-bond acceptors (Lipinski definition) is 4. The minimum Gasteiger partial charge on any atom is -0.462 e. The minimum absolute atomic E-state index is 0.336. The predicted octanol–water partition coefficient (Wildman–Crippen LogP) is 6.93. The Morgan fingerprint density at radius 3 is 1.84 bits per heavy atom. The van der Waals surface area contributed by atoms with Crippen molar-refractivity contribution in [3.63, 3.8) is 0 Å². The van der Waals surface area contributed by atoms with Gasteiger partial charge in [0.2, 0.25) is 0 Å². The molecule has 0 heterocycles. The van der Waals surface area contributed by atoms with Crippen LogP contribution in [-0.2, 0) is 9.47 Å². The van der Waals surface area contributed by atoms with E-state index in [0.717, 1.165) is 47.9 Å². The molecule has 0 aliphatic heterocycles. The van der Waals surface area contributed by atoms with Crippen LogP contribution >= 0.6 is 0 Å². The predicted molar refractivity (Wildman–Crippen MR) is 128 cm³/mol. The zero-order chi connectivity index (χ0) is 22.8. The Bertz CT molecular complexity index is 1040. The van der Waals surface area contributed by atoms with Gasteiger partial charge in [-0.2, -0.15) is 0 Å². The molecule has 0 N–H and O–H groups in total. The topological polar surface area (TPSA) is 52.6 Å². The Morgan fingerprint density at radius 2 is 1.22 bits per heavy atom. The third-order valence-corrected chi connectivity index (χ3v) is 5.21. The molecule has 0 aliphatic carbocycles. The lowest BCUT2D eigenvalue weighted by Crippen LogP contribution is -2.07. The highest BCUT2D eigenvalue weighted by molar-refractivity contribution is 5.96. The Hall–Kier alpha value is -3.40. The van der Waals surface area contributed by atoms with Crippen molar-refractivity contribution >= 4 is 11.9 Å². The SMILES string of the molecule is CCCCOC(=O)c1cccc(-c2cc(C(=O)OCCCC)ccc2-c2ccccc2)c1. The lowest BCUT2D eigenvalue weighted by atomic mass is 9.92. The van der Waals surface area contributed by atoms with Gasteiger partial charge >= 0.3 is 11.9 Å². The summed E-state index contributed by atoms with van der Waals surface area (Å²) in [4.78, 5) is 25.1. The second-order valence-electron chi connectivity index (χ2n) is 7.69. The first-order valence-corrected chi connectivity index (χ1v) is 11.3. The Kier molecular flexibility index (Phi) is 8.61. The van der Waals surface area contributed by atoms with Crippen molar-refractivity contribution in [2.75, 3.05) is 13.2 Å². The number of benzene rings is 3. The maximum Gasteiger partial charge on any atom is 0.338 e. The van der Waals surface area contributed by atoms with Crippen molar-refractivity contribution in [3.05, 3.63) is 83.9 Å². The smallest absolute Gasteiger partial charge is 0.338 e. The summed E-state index contributed by atoms with van der Waals surface area (Å²) in [6.07, 6.45) is 3.61. The number of carbonyl (C=O) groups is 2. The van der Waals surface area contributed by atoms with E-state index in [0.29, 0.717) is 24.3 Å². The van der Waals surface area contributed by atoms with Crippen LogP contribution in [0.4, 0.5) is 0 Å². The largest absolute Gasteiger partial charge is 0.462 e. The molecule has 0 unspecified atom stereocenters. The first-order valence-electron chi connectivity index (χ1n) is 11.3. The van der Waals surface area contributed by atoms with E-state index >= 15 is 0 Å². The molecule has 166 valence electrons. The van der Waals surface area contributed by atoms with Gasteiger partial charge in [0.25, 0.3) is 0 Å². The summed E-state index contributed by atoms with van der Waals surface area (Å²) in [5.41, 5.74) is 4.71. The molecule has 0 saturated carbocycles. The van der Waals surface area contributed by atoms with Crippen LogP contribution in [0.25, 0.3) is 22.3 Å². The molecule has 0 amide bonds. The second-order valence-corrected chi connectivity index (χ2v) is 7.69. The van der Waals surface area contributed by atoms with Crippen LogP contribution in [0.3, 0.4) is 0 Å². The van der Waals surface area contributed by atoms with Gasteiger partial charge in [-0.05, 0) is 59.4 Å². The van der Waals surface area contributed by atoms with E-state index in [1.807, 2.05) is 60.7 Å². The fraction of sp³-hybridized carbons (Fsp3) is 0.286. The summed E-state index contributed by atoms with van der Waals surface area (Å²) in [5, 5.41) is 0. The lowest BCUT2D eigenvalue weighted by molar-refractivity contribution is 0.0490. The summed E-state index contributed by atoms with van der Waals surface area (Å²) in [6, 6.07) is 22.9. The molecule has 4 heteroatoms. The van der Waals surface area contributed by atoms with Gasteiger partial charge in [0.05, 0.1) is 24.3 Å². The molecule has 0 radical (unpaired) electrons. The average Bonchev–Trinajstić information content (AvgIpc) is 2.84. The molecule has 0 aliphatic rings. The molecular weight excluding hydrogens is 400 g/mol. The summed E-state index contributed by atoms with van der Waals surface area (Å²) >= 11 is 0. The molecule has 0 fully saturated rings. The van der Waals surface area contributed by atoms with E-state index in [1.54, 1.807) is 12.1 Å². The Balaban J connectivity index is 1.99. The van der Waals surface area contributed by atoms with Gasteiger partial charge in [0.1, 0.15) is 0 Å². The van der Waals surface area contributed by atoms with E-state index in [1.165, 1.54) is 0 Å². The quantitative estimate of drug-likeness (QED) is 0.258. The molecular formula is C28H30O4. The average molecular weight is 431 g/mol. The number of carbonyl (C=O) groups excluding carboxylic acids is 2. The van der Waals surface area contributed by atoms with Crippen molar-refractivity contribution in [1.29, 1.82) is 0 Å². The zero-order valence-corrected chi connectivity index (χ0v) is 18.8. The third kappa shape index (κ3) is 6.07. The van der Waals surface area contributed by atoms with Crippen molar-refractivity contribution in [1.82, 2.24) is 0 Å². The normalized spacial score (nSPS) is 10.6. The van der Waals surface area contributed by atoms with Gasteiger partial charge in [0.15, 0.2) is 0 Å². The van der Waals surface area contributed by atoms with Crippen molar-refractivity contribution < 1.29 is 19.1 Å². The number of ether oxygens (including phenoxy) is 2. The molecule has 0 spiro atoms. The number of unbranched alkanes of at least 4 members (excludes halogenated alkanes) is 2. The molecule has 3 aromatic carbocycles. The van der Waals surface area contributed by atoms with Crippen LogP contribution in [0.1, 0.15) is 60.2 Å². The Labute approximate surface area is 190 Å². The zero-order valence-electron chi connectivity index (χ0n) is 18.8. The van der Waals surface area contributed by atoms with Gasteiger partial charge in [-0.15, -0.1) is 0 Å². The molecule has 0 bridgehead atoms. The van der Waals surface area contributed by atoms with Crippen LogP contribution in [0.2, 0.25) is 0 Å². The van der Waals surface area contributed by atoms with E-state index in [9.17, 15) is 9.59 Å². The maximum absolute atomic E-state index is 12.6. The van der Waals surface area contributed by atoms with Crippen LogP contribution in [-0.4, -0.2) is 25.2 Å². The third-order valence-electron chi connectivity index (χ3n) is 5.21. The van der Waals surface area contributed by atoms with Gasteiger partial charge in [-0.25, -0.2) is 9.59 Å². The fourth-order valence-electron chi connectivity index (χ4n) is 3.38. The summed E-state index contributed by atoms with van der Waals surface area (Å²) in [5.74, 6) is -0.675. The molecule has 4 nitrogen and oxygen atoms in total. The van der Waals surface area contributed by atoms with Crippen LogP contribution in [0.15, 0.2) is 72.8 Å². The highest BCUT2D eigenvalue weighted by Crippen LogP contribution is 2.33. The van der Waals surface area contributed by atoms with E-state index < -0.39 is 0 Å². The van der Waals surface area contributed by atoms with Crippen LogP contribution in [0, 0.1) is 0 Å². The molecule has 32 heavy (non-hydrogen) atoms. The van der Waals surface area contributed by atoms with E-state index in [-0.39, 0.29) is 11.9 Å². The first kappa shape index (κ1) is 23.3. The van der Waals surface area contributed by atoms with Crippen molar-refractivity contribution in [2.24, 2.45) is 0 Å². The fourth-order valence-corrected chi connectivity index (χ4v) is 3.38. The highest BCUT2D eigenvalue weighted by atomic mass is 16.5. The standard InChI is InChI=1S/C28H30O4/c1-3-5-17-31-27(29)23-14-10-13-22(19-23)26-20-24(28(30)32-18-6-4-2)15-16-25(26)21-11-8-7-9-12-21/h7-16,19-20H,3-6,17-18H2,1-2H3. The molecule has 0 saturated heterocycles. The molecule has 0 atom stereocenters. The summed E-state index contributed by atoms with van der Waals surface area (Å²) < 4.78 is 10.8. The minimum atomic E-state index is -0.338. The molecule has 0 aromatic heterocycles. The molecule has 3 aromatic rings. The highest BCUT2D eigenvalue weighted by Gasteiger charge is 2.15. The van der Waals surface area contributed by atoms with Gasteiger partial charge in [-0.1, -0.05) is 75.2 Å². The Morgan fingerprint density at radius 1 is 0.625 bits per heavy atom. The monoisotopic (exact) mass is 430 g/mol. The summed E-state index contributed by atoms with van der Waals surface area (Å²) in [7, 11) is 0. The van der Waals surface area contributed by atoms with Crippen molar-refractivity contribution in [3.8, 4) is 22.3 Å². The van der Waals surface area contributed by atoms with Gasteiger partial charge in [0, 0.05) is 0 Å². The van der Waals surface area contributed by atoms with Crippen molar-refractivity contribution in [2.45, 2.75) is 39.5 Å². The number of rotatable bonds is 10. The number of hydrogen-bond donors (Lipinski definition) is 0. The first-order chi connectivity index (χ1) is 15.6. The summed E-state index contributed by atoms with van der Waals surface area (Å²) in [6.45, 7) is 4.93. The second kappa shape index (κ2) is 11.8.